The summed E-state index contributed by atoms with van der Waals surface area (Å²) < 4.78 is 0. The lowest BCUT2D eigenvalue weighted by molar-refractivity contribution is -0.143. The number of carboxylic acids is 1. The van der Waals surface area contributed by atoms with Gasteiger partial charge in [-0.05, 0) is 31.6 Å². The first-order chi connectivity index (χ1) is 15.5. The van der Waals surface area contributed by atoms with Crippen LogP contribution in [0.4, 0.5) is 0 Å². The van der Waals surface area contributed by atoms with Crippen LogP contribution in [0.15, 0.2) is 4.99 Å². The fraction of sp³-hybridized carbons (Fsp3) is 0.750. The van der Waals surface area contributed by atoms with Crippen molar-refractivity contribution in [3.63, 3.8) is 0 Å². The molecule has 5 unspecified atom stereocenters. The number of rotatable bonds is 13. The van der Waals surface area contributed by atoms with Crippen LogP contribution in [0, 0.1) is 5.92 Å². The van der Waals surface area contributed by atoms with E-state index in [1.165, 1.54) is 4.90 Å². The van der Waals surface area contributed by atoms with E-state index in [0.29, 0.717) is 45.2 Å². The summed E-state index contributed by atoms with van der Waals surface area (Å²) in [5.41, 5.74) is 16.6. The number of hydrogen-bond acceptors (Lipinski definition) is 7. The first-order valence-electron chi connectivity index (χ1n) is 11.1. The molecule has 0 aromatic carbocycles. The Morgan fingerprint density at radius 1 is 1.24 bits per heavy atom. The molecule has 1 aliphatic rings. The van der Waals surface area contributed by atoms with Crippen molar-refractivity contribution in [2.75, 3.05) is 18.8 Å². The largest absolute Gasteiger partial charge is 0.480 e. The van der Waals surface area contributed by atoms with Crippen LogP contribution in [0.2, 0.25) is 0 Å². The molecule has 1 rings (SSSR count). The van der Waals surface area contributed by atoms with E-state index < -0.39 is 42.0 Å². The molecule has 0 aromatic rings. The summed E-state index contributed by atoms with van der Waals surface area (Å²) in [6.07, 6.45) is 2.53. The number of nitrogens with two attached hydrogens (primary N) is 3. The van der Waals surface area contributed by atoms with E-state index in [-0.39, 0.29) is 23.5 Å². The third kappa shape index (κ3) is 8.72. The van der Waals surface area contributed by atoms with Gasteiger partial charge in [-0.1, -0.05) is 20.3 Å². The predicted molar refractivity (Wildman–Crippen MR) is 127 cm³/mol. The van der Waals surface area contributed by atoms with Crippen molar-refractivity contribution < 1.29 is 24.3 Å². The molecule has 12 nitrogen and oxygen atoms in total. The molecule has 1 fully saturated rings. The van der Waals surface area contributed by atoms with Crippen LogP contribution < -0.4 is 27.8 Å². The minimum Gasteiger partial charge on any atom is -0.480 e. The number of carbonyl (C=O) groups is 4. The third-order valence-electron chi connectivity index (χ3n) is 5.71. The zero-order chi connectivity index (χ0) is 25.1. The topological polar surface area (TPSA) is 206 Å². The van der Waals surface area contributed by atoms with Gasteiger partial charge in [-0.15, -0.1) is 0 Å². The lowest BCUT2D eigenvalue weighted by Crippen LogP contribution is -2.58. The number of hydrogen-bond donors (Lipinski definition) is 7. The molecule has 0 saturated carbocycles. The smallest absolute Gasteiger partial charge is 0.327 e. The second kappa shape index (κ2) is 13.9. The highest BCUT2D eigenvalue weighted by molar-refractivity contribution is 7.80. The third-order valence-corrected chi connectivity index (χ3v) is 6.08. The number of nitrogens with zero attached hydrogens (tertiary/aromatic N) is 2. The molecule has 9 N–H and O–H groups in total. The Kier molecular flexibility index (Phi) is 12.0. The summed E-state index contributed by atoms with van der Waals surface area (Å²) in [6, 6.07) is -3.67. The monoisotopic (exact) mass is 487 g/mol. The molecule has 0 bridgehead atoms. The Bertz CT molecular complexity index is 732. The lowest BCUT2D eigenvalue weighted by Gasteiger charge is -2.30. The first kappa shape index (κ1) is 28.5. The fourth-order valence-corrected chi connectivity index (χ4v) is 3.80. The summed E-state index contributed by atoms with van der Waals surface area (Å²) in [4.78, 5) is 55.2. The van der Waals surface area contributed by atoms with Crippen LogP contribution in [0.1, 0.15) is 46.0 Å². The normalized spacial score (nSPS) is 19.2. The summed E-state index contributed by atoms with van der Waals surface area (Å²) >= 11 is 3.95. The number of aliphatic carboxylic acids is 1. The van der Waals surface area contributed by atoms with Gasteiger partial charge in [0.1, 0.15) is 18.1 Å². The number of amides is 3. The average Bonchev–Trinajstić information content (AvgIpc) is 3.26. The second-order valence-electron chi connectivity index (χ2n) is 8.20. The highest BCUT2D eigenvalue weighted by Crippen LogP contribution is 2.20. The Morgan fingerprint density at radius 2 is 1.91 bits per heavy atom. The molecule has 1 heterocycles. The average molecular weight is 488 g/mol. The molecule has 0 spiro atoms. The standard InChI is InChI=1S/C20H37N7O5S/c1-3-11(2)15(17(29)25-13(10-33)19(31)32)26-16(28)14-7-5-9-27(14)18(30)12(21)6-4-8-24-20(22)23/h11-15,33H,3-10,21H2,1-2H3,(H,25,29)(H,26,28)(H,31,32)(H4,22,23,24). The number of carbonyl (C=O) groups excluding carboxylic acids is 3. The molecule has 188 valence electrons. The molecule has 1 aliphatic heterocycles. The number of likely N-dealkylation sites (tertiary alicyclic amines) is 1. The molecule has 0 aliphatic carbocycles. The van der Waals surface area contributed by atoms with Crippen LogP contribution in [0.3, 0.4) is 0 Å². The van der Waals surface area contributed by atoms with E-state index in [2.05, 4.69) is 28.3 Å². The van der Waals surface area contributed by atoms with Crippen LogP contribution in [0.5, 0.6) is 0 Å². The van der Waals surface area contributed by atoms with Gasteiger partial charge in [0, 0.05) is 18.8 Å². The quantitative estimate of drug-likeness (QED) is 0.0694. The molecule has 0 radical (unpaired) electrons. The van der Waals surface area contributed by atoms with Gasteiger partial charge >= 0.3 is 5.97 Å². The maximum Gasteiger partial charge on any atom is 0.327 e. The minimum atomic E-state index is -1.21. The maximum absolute atomic E-state index is 13.0. The van der Waals surface area contributed by atoms with Crippen molar-refractivity contribution in [1.82, 2.24) is 15.5 Å². The number of nitrogens with one attached hydrogen (secondary N) is 2. The van der Waals surface area contributed by atoms with E-state index in [1.54, 1.807) is 6.92 Å². The van der Waals surface area contributed by atoms with Crippen LogP contribution >= 0.6 is 12.6 Å². The second-order valence-corrected chi connectivity index (χ2v) is 8.56. The highest BCUT2D eigenvalue weighted by Gasteiger charge is 2.38. The fourth-order valence-electron chi connectivity index (χ4n) is 3.56. The van der Waals surface area contributed by atoms with Crippen molar-refractivity contribution in [3.05, 3.63) is 0 Å². The van der Waals surface area contributed by atoms with Crippen molar-refractivity contribution in [2.45, 2.75) is 70.1 Å². The first-order valence-corrected chi connectivity index (χ1v) is 11.7. The van der Waals surface area contributed by atoms with E-state index >= 15 is 0 Å². The minimum absolute atomic E-state index is 0.0323. The van der Waals surface area contributed by atoms with Crippen molar-refractivity contribution >= 4 is 42.3 Å². The van der Waals surface area contributed by atoms with Gasteiger partial charge in [-0.25, -0.2) is 4.79 Å². The molecular weight excluding hydrogens is 450 g/mol. The van der Waals surface area contributed by atoms with Crippen molar-refractivity contribution in [2.24, 2.45) is 28.1 Å². The van der Waals surface area contributed by atoms with Gasteiger partial charge in [-0.2, -0.15) is 12.6 Å². The van der Waals surface area contributed by atoms with E-state index in [4.69, 9.17) is 17.2 Å². The number of guanidine groups is 1. The van der Waals surface area contributed by atoms with Gasteiger partial charge in [0.2, 0.25) is 17.7 Å². The Balaban J connectivity index is 2.83. The van der Waals surface area contributed by atoms with Gasteiger partial charge in [0.05, 0.1) is 6.04 Å². The van der Waals surface area contributed by atoms with Crippen LogP contribution in [-0.2, 0) is 19.2 Å². The maximum atomic E-state index is 13.0. The number of carboxylic acid groups (broad SMARTS) is 1. The van der Waals surface area contributed by atoms with E-state index in [9.17, 15) is 24.3 Å². The molecule has 13 heteroatoms. The zero-order valence-electron chi connectivity index (χ0n) is 19.2. The predicted octanol–water partition coefficient (Wildman–Crippen LogP) is -1.61. The molecule has 33 heavy (non-hydrogen) atoms. The molecule has 5 atom stereocenters. The highest BCUT2D eigenvalue weighted by atomic mass is 32.1. The summed E-state index contributed by atoms with van der Waals surface area (Å²) in [5, 5.41) is 14.3. The van der Waals surface area contributed by atoms with Gasteiger partial charge in [0.15, 0.2) is 5.96 Å². The Morgan fingerprint density at radius 3 is 2.45 bits per heavy atom. The summed E-state index contributed by atoms with van der Waals surface area (Å²) in [7, 11) is 0. The molecule has 1 saturated heterocycles. The van der Waals surface area contributed by atoms with E-state index in [0.717, 1.165) is 0 Å². The molecule has 3 amide bonds. The molecular formula is C20H37N7O5S. The Labute approximate surface area is 199 Å². The lowest BCUT2D eigenvalue weighted by atomic mass is 9.97. The van der Waals surface area contributed by atoms with Crippen LogP contribution in [-0.4, -0.2) is 82.7 Å². The van der Waals surface area contributed by atoms with Gasteiger partial charge in [0.25, 0.3) is 0 Å². The van der Waals surface area contributed by atoms with Gasteiger partial charge < -0.3 is 37.8 Å². The van der Waals surface area contributed by atoms with Gasteiger partial charge in [-0.3, -0.25) is 19.4 Å². The van der Waals surface area contributed by atoms with Crippen molar-refractivity contribution in [3.8, 4) is 0 Å². The SMILES string of the molecule is CCC(C)C(NC(=O)C1CCCN1C(=O)C(N)CCCN=C(N)N)C(=O)NC(CS)C(=O)O. The summed E-state index contributed by atoms with van der Waals surface area (Å²) in [6.45, 7) is 4.38. The number of aliphatic imine (C=N–C) groups is 1. The number of thiol groups is 1. The zero-order valence-corrected chi connectivity index (χ0v) is 20.1. The Hall–Kier alpha value is -2.54. The summed E-state index contributed by atoms with van der Waals surface area (Å²) in [5.74, 6) is -3.01. The van der Waals surface area contributed by atoms with Crippen molar-refractivity contribution in [1.29, 1.82) is 0 Å². The molecule has 0 aromatic heterocycles. The van der Waals surface area contributed by atoms with E-state index in [1.807, 2.05) is 6.92 Å². The van der Waals surface area contributed by atoms with Crippen LogP contribution in [0.25, 0.3) is 0 Å².